The largest absolute Gasteiger partial charge is 0.349 e. The van der Waals surface area contributed by atoms with Crippen molar-refractivity contribution in [1.82, 2.24) is 4.65 Å². The van der Waals surface area contributed by atoms with Gasteiger partial charge in [-0.15, -0.1) is 0 Å². The second-order valence-electron chi connectivity index (χ2n) is 10.2. The van der Waals surface area contributed by atoms with Crippen LogP contribution in [0.4, 0.5) is 0 Å². The van der Waals surface area contributed by atoms with E-state index in [2.05, 4.69) is 118 Å². The Morgan fingerprint density at radius 3 is 1.75 bits per heavy atom. The highest BCUT2D eigenvalue weighted by atomic mass is 28.4. The molecule has 0 unspecified atom stereocenters. The topological polar surface area (TPSA) is 12.0 Å². The van der Waals surface area contributed by atoms with Gasteiger partial charge in [-0.2, -0.15) is 0 Å². The van der Waals surface area contributed by atoms with E-state index < -0.39 is 16.5 Å². The predicted octanol–water partition coefficient (Wildman–Crippen LogP) is 5.40. The summed E-state index contributed by atoms with van der Waals surface area (Å²) < 4.78 is 4.34. The lowest BCUT2D eigenvalue weighted by atomic mass is 9.88. The van der Waals surface area contributed by atoms with E-state index in [1.807, 2.05) is 0 Å². The number of rotatable bonds is 6. The maximum Gasteiger partial charge on any atom is 0.212 e. The fourth-order valence-corrected chi connectivity index (χ4v) is 14.1. The molecule has 0 saturated heterocycles. The molecule has 0 amide bonds. The van der Waals surface area contributed by atoms with E-state index in [1.165, 1.54) is 10.4 Å². The summed E-state index contributed by atoms with van der Waals surface area (Å²) in [5.74, 6) is 0. The van der Waals surface area contributed by atoms with Crippen LogP contribution >= 0.6 is 0 Å². The zero-order valence-electron chi connectivity index (χ0n) is 18.3. The highest BCUT2D eigenvalue weighted by molar-refractivity contribution is 7.11. The average Bonchev–Trinajstić information content (AvgIpc) is 3.07. The van der Waals surface area contributed by atoms with Crippen LogP contribution in [0.3, 0.4) is 0 Å². The molecule has 0 radical (unpaired) electrons. The predicted molar refractivity (Wildman–Crippen MR) is 129 cm³/mol. The first-order chi connectivity index (χ1) is 13.1. The van der Waals surface area contributed by atoms with E-state index in [0.29, 0.717) is 0 Å². The first-order valence-electron chi connectivity index (χ1n) is 10.4. The minimum Gasteiger partial charge on any atom is -0.349 e. The van der Waals surface area contributed by atoms with Crippen molar-refractivity contribution in [3.05, 3.63) is 83.6 Å². The second-order valence-corrected chi connectivity index (χ2v) is 19.0. The van der Waals surface area contributed by atoms with Gasteiger partial charge in [0, 0.05) is 0 Å². The molecule has 0 heterocycles. The summed E-state index contributed by atoms with van der Waals surface area (Å²) in [5.41, 5.74) is 1.83. The summed E-state index contributed by atoms with van der Waals surface area (Å²) in [6.07, 6.45) is 6.98. The standard InChI is InChI=1S/C25H35NSi2/c1-25(2,3)20-21-14-13-19-24(21)28(26-27(4,5)6,22-15-9-7-10-16-22)23-17-11-8-12-18-23/h7-18,26H,19-20H2,1-6H3. The van der Waals surface area contributed by atoms with E-state index in [-0.39, 0.29) is 5.41 Å². The van der Waals surface area contributed by atoms with Crippen molar-refractivity contribution in [1.29, 1.82) is 0 Å². The summed E-state index contributed by atoms with van der Waals surface area (Å²) in [6, 6.07) is 22.5. The second kappa shape index (κ2) is 7.98. The summed E-state index contributed by atoms with van der Waals surface area (Å²) in [7, 11) is -3.85. The summed E-state index contributed by atoms with van der Waals surface area (Å²) in [6.45, 7) is 14.4. The fourth-order valence-electron chi connectivity index (χ4n) is 4.36. The lowest BCUT2D eigenvalue weighted by Gasteiger charge is -2.41. The quantitative estimate of drug-likeness (QED) is 0.634. The molecule has 1 aliphatic rings. The average molecular weight is 406 g/mol. The van der Waals surface area contributed by atoms with Crippen LogP contribution in [-0.2, 0) is 0 Å². The van der Waals surface area contributed by atoms with Crippen molar-refractivity contribution in [3.63, 3.8) is 0 Å². The molecular weight excluding hydrogens is 370 g/mol. The molecule has 148 valence electrons. The van der Waals surface area contributed by atoms with Crippen LogP contribution in [0.5, 0.6) is 0 Å². The van der Waals surface area contributed by atoms with Crippen molar-refractivity contribution >= 4 is 26.8 Å². The van der Waals surface area contributed by atoms with Crippen molar-refractivity contribution in [2.24, 2.45) is 5.41 Å². The SMILES string of the molecule is CC(C)(C)CC1=C([Si](N[Si](C)(C)C)(c2ccccc2)c2ccccc2)CC=C1. The smallest absolute Gasteiger partial charge is 0.212 e. The van der Waals surface area contributed by atoms with Crippen LogP contribution in [0, 0.1) is 5.41 Å². The van der Waals surface area contributed by atoms with E-state index >= 15 is 0 Å². The Bertz CT molecular complexity index is 813. The molecule has 0 bridgehead atoms. The number of hydrogen-bond acceptors (Lipinski definition) is 1. The molecule has 0 atom stereocenters. The van der Waals surface area contributed by atoms with E-state index in [0.717, 1.165) is 12.8 Å². The first kappa shape index (κ1) is 21.0. The Kier molecular flexibility index (Phi) is 5.99. The molecular formula is C25H35NSi2. The van der Waals surface area contributed by atoms with Crippen LogP contribution < -0.4 is 15.0 Å². The number of allylic oxidation sites excluding steroid dienone is 4. The molecule has 28 heavy (non-hydrogen) atoms. The molecule has 0 fully saturated rings. The van der Waals surface area contributed by atoms with Crippen LogP contribution in [0.2, 0.25) is 19.6 Å². The van der Waals surface area contributed by atoms with Gasteiger partial charge in [0.2, 0.25) is 8.24 Å². The van der Waals surface area contributed by atoms with Gasteiger partial charge in [-0.1, -0.05) is 124 Å². The third-order valence-electron chi connectivity index (χ3n) is 5.18. The van der Waals surface area contributed by atoms with Crippen LogP contribution in [0.1, 0.15) is 33.6 Å². The number of benzene rings is 2. The molecule has 0 aromatic heterocycles. The Morgan fingerprint density at radius 2 is 1.32 bits per heavy atom. The summed E-state index contributed by atoms with van der Waals surface area (Å²) in [4.78, 5) is 0. The first-order valence-corrected chi connectivity index (χ1v) is 15.9. The number of hydrogen-bond donors (Lipinski definition) is 1. The molecule has 2 aromatic carbocycles. The molecule has 1 nitrogen and oxygen atoms in total. The molecule has 3 rings (SSSR count). The third-order valence-corrected chi connectivity index (χ3v) is 13.5. The lowest BCUT2D eigenvalue weighted by Crippen LogP contribution is -2.75. The van der Waals surface area contributed by atoms with Gasteiger partial charge in [-0.3, -0.25) is 0 Å². The van der Waals surface area contributed by atoms with Crippen molar-refractivity contribution in [2.45, 2.75) is 53.3 Å². The molecule has 0 spiro atoms. The van der Waals surface area contributed by atoms with Crippen molar-refractivity contribution in [2.75, 3.05) is 0 Å². The van der Waals surface area contributed by atoms with Gasteiger partial charge in [0.25, 0.3) is 0 Å². The maximum absolute atomic E-state index is 4.34. The van der Waals surface area contributed by atoms with Gasteiger partial charge in [-0.25, -0.2) is 0 Å². The van der Waals surface area contributed by atoms with Crippen LogP contribution in [-0.4, -0.2) is 16.5 Å². The van der Waals surface area contributed by atoms with Crippen LogP contribution in [0.15, 0.2) is 83.6 Å². The Balaban J connectivity index is 2.31. The molecule has 0 aliphatic heterocycles. The van der Waals surface area contributed by atoms with Gasteiger partial charge in [0.1, 0.15) is 8.24 Å². The van der Waals surface area contributed by atoms with Gasteiger partial charge < -0.3 is 4.65 Å². The zero-order valence-corrected chi connectivity index (χ0v) is 20.3. The summed E-state index contributed by atoms with van der Waals surface area (Å²) in [5, 5.41) is 4.62. The normalized spacial score (nSPS) is 15.4. The molecule has 1 N–H and O–H groups in total. The van der Waals surface area contributed by atoms with Gasteiger partial charge in [-0.05, 0) is 28.6 Å². The molecule has 1 aliphatic carbocycles. The maximum atomic E-state index is 4.34. The molecule has 2 aromatic rings. The third kappa shape index (κ3) is 4.65. The Morgan fingerprint density at radius 1 is 0.821 bits per heavy atom. The highest BCUT2D eigenvalue weighted by Crippen LogP contribution is 2.35. The van der Waals surface area contributed by atoms with Crippen molar-refractivity contribution in [3.8, 4) is 0 Å². The minimum atomic E-state index is -2.28. The van der Waals surface area contributed by atoms with Crippen LogP contribution in [0.25, 0.3) is 0 Å². The van der Waals surface area contributed by atoms with Gasteiger partial charge >= 0.3 is 0 Å². The monoisotopic (exact) mass is 405 g/mol. The minimum absolute atomic E-state index is 0.280. The lowest BCUT2D eigenvalue weighted by molar-refractivity contribution is 0.413. The number of nitrogens with one attached hydrogen (secondary N) is 1. The summed E-state index contributed by atoms with van der Waals surface area (Å²) >= 11 is 0. The zero-order chi connectivity index (χ0) is 20.4. The highest BCUT2D eigenvalue weighted by Gasteiger charge is 2.45. The van der Waals surface area contributed by atoms with E-state index in [1.54, 1.807) is 10.8 Å². The fraction of sp³-hybridized carbons (Fsp3) is 0.360. The van der Waals surface area contributed by atoms with Crippen molar-refractivity contribution < 1.29 is 0 Å². The molecule has 0 saturated carbocycles. The Hall–Kier alpha value is -1.69. The van der Waals surface area contributed by atoms with Gasteiger partial charge in [0.05, 0.1) is 0 Å². The Labute approximate surface area is 173 Å². The van der Waals surface area contributed by atoms with E-state index in [9.17, 15) is 0 Å². The van der Waals surface area contributed by atoms with E-state index in [4.69, 9.17) is 0 Å². The molecule has 3 heteroatoms. The van der Waals surface area contributed by atoms with Gasteiger partial charge in [0.15, 0.2) is 0 Å².